The molecule has 2 heteroatoms. The van der Waals surface area contributed by atoms with Crippen LogP contribution in [0.25, 0.3) is 10.8 Å². The molecule has 2 aromatic carbocycles. The molecule has 2 N–H and O–H groups in total. The van der Waals surface area contributed by atoms with Crippen molar-refractivity contribution in [2.24, 2.45) is 11.7 Å². The quantitative estimate of drug-likeness (QED) is 0.810. The van der Waals surface area contributed by atoms with Crippen LogP contribution in [-0.2, 0) is 6.42 Å². The van der Waals surface area contributed by atoms with Crippen LogP contribution in [0.4, 0.5) is 0 Å². The van der Waals surface area contributed by atoms with E-state index in [1.54, 1.807) is 7.11 Å². The number of benzene rings is 2. The van der Waals surface area contributed by atoms with Crippen molar-refractivity contribution in [1.29, 1.82) is 0 Å². The standard InChI is InChI=1S/C19H27NO/c1-4-14(5-2)11-17(20)12-16-8-6-7-15-9-10-18(21-3)13-19(15)16/h6-10,13-14,17H,4-5,11-12,20H2,1-3H3. The van der Waals surface area contributed by atoms with Gasteiger partial charge >= 0.3 is 0 Å². The number of hydrogen-bond acceptors (Lipinski definition) is 2. The molecule has 0 saturated heterocycles. The Bertz CT molecular complexity index is 575. The fourth-order valence-electron chi connectivity index (χ4n) is 3.04. The summed E-state index contributed by atoms with van der Waals surface area (Å²) in [5.41, 5.74) is 7.71. The molecule has 2 aromatic rings. The molecule has 0 amide bonds. The topological polar surface area (TPSA) is 35.2 Å². The van der Waals surface area contributed by atoms with Crippen LogP contribution in [0.1, 0.15) is 38.7 Å². The molecule has 0 spiro atoms. The second kappa shape index (κ2) is 7.46. The highest BCUT2D eigenvalue weighted by molar-refractivity contribution is 5.87. The van der Waals surface area contributed by atoms with E-state index in [2.05, 4.69) is 44.2 Å². The summed E-state index contributed by atoms with van der Waals surface area (Å²) >= 11 is 0. The third kappa shape index (κ3) is 3.98. The molecule has 0 saturated carbocycles. The number of hydrogen-bond donors (Lipinski definition) is 1. The minimum absolute atomic E-state index is 0.228. The molecule has 21 heavy (non-hydrogen) atoms. The summed E-state index contributed by atoms with van der Waals surface area (Å²) < 4.78 is 5.35. The molecule has 0 aliphatic carbocycles. The molecular weight excluding hydrogens is 258 g/mol. The lowest BCUT2D eigenvalue weighted by atomic mass is 9.90. The van der Waals surface area contributed by atoms with Gasteiger partial charge in [0.15, 0.2) is 0 Å². The SMILES string of the molecule is CCC(CC)CC(N)Cc1cccc2ccc(OC)cc12. The van der Waals surface area contributed by atoms with Gasteiger partial charge in [0.05, 0.1) is 7.11 Å². The molecule has 0 bridgehead atoms. The van der Waals surface area contributed by atoms with E-state index in [-0.39, 0.29) is 6.04 Å². The van der Waals surface area contributed by atoms with E-state index >= 15 is 0 Å². The summed E-state index contributed by atoms with van der Waals surface area (Å²) in [5.74, 6) is 1.65. The summed E-state index contributed by atoms with van der Waals surface area (Å²) in [6.45, 7) is 4.51. The average molecular weight is 285 g/mol. The molecule has 0 heterocycles. The maximum absolute atomic E-state index is 6.39. The van der Waals surface area contributed by atoms with Gasteiger partial charge in [-0.25, -0.2) is 0 Å². The van der Waals surface area contributed by atoms with Gasteiger partial charge in [-0.2, -0.15) is 0 Å². The summed E-state index contributed by atoms with van der Waals surface area (Å²) in [6.07, 6.45) is 4.47. The van der Waals surface area contributed by atoms with Gasteiger partial charge in [-0.05, 0) is 47.2 Å². The van der Waals surface area contributed by atoms with Gasteiger partial charge in [0.2, 0.25) is 0 Å². The number of rotatable bonds is 7. The zero-order valence-electron chi connectivity index (χ0n) is 13.4. The van der Waals surface area contributed by atoms with Gasteiger partial charge in [0.25, 0.3) is 0 Å². The summed E-state index contributed by atoms with van der Waals surface area (Å²) in [6, 6.07) is 12.9. The second-order valence-corrected chi connectivity index (χ2v) is 5.89. The van der Waals surface area contributed by atoms with Crippen molar-refractivity contribution in [3.05, 3.63) is 42.0 Å². The van der Waals surface area contributed by atoms with Crippen molar-refractivity contribution in [3.63, 3.8) is 0 Å². The van der Waals surface area contributed by atoms with Crippen LogP contribution >= 0.6 is 0 Å². The van der Waals surface area contributed by atoms with Crippen molar-refractivity contribution < 1.29 is 4.74 Å². The third-order valence-corrected chi connectivity index (χ3v) is 4.45. The van der Waals surface area contributed by atoms with E-state index in [1.165, 1.54) is 29.2 Å². The van der Waals surface area contributed by atoms with Crippen LogP contribution in [0.15, 0.2) is 36.4 Å². The predicted molar refractivity (Wildman–Crippen MR) is 90.9 cm³/mol. The smallest absolute Gasteiger partial charge is 0.119 e. The molecule has 0 radical (unpaired) electrons. The first-order valence-corrected chi connectivity index (χ1v) is 7.99. The van der Waals surface area contributed by atoms with Crippen LogP contribution in [0.3, 0.4) is 0 Å². The van der Waals surface area contributed by atoms with Crippen molar-refractivity contribution in [3.8, 4) is 5.75 Å². The Labute approximate surface area is 128 Å². The highest BCUT2D eigenvalue weighted by Crippen LogP contribution is 2.26. The Kier molecular flexibility index (Phi) is 5.63. The number of methoxy groups -OCH3 is 1. The van der Waals surface area contributed by atoms with E-state index in [0.717, 1.165) is 24.5 Å². The van der Waals surface area contributed by atoms with E-state index in [1.807, 2.05) is 6.07 Å². The van der Waals surface area contributed by atoms with Gasteiger partial charge in [0.1, 0.15) is 5.75 Å². The predicted octanol–water partition coefficient (Wildman–Crippen LogP) is 4.54. The molecule has 0 aliphatic heterocycles. The number of nitrogens with two attached hydrogens (primary N) is 1. The Morgan fingerprint density at radius 3 is 2.52 bits per heavy atom. The maximum atomic E-state index is 6.39. The highest BCUT2D eigenvalue weighted by atomic mass is 16.5. The Morgan fingerprint density at radius 1 is 1.10 bits per heavy atom. The molecule has 1 atom stereocenters. The zero-order chi connectivity index (χ0) is 15.2. The van der Waals surface area contributed by atoms with Crippen LogP contribution in [0, 0.1) is 5.92 Å². The van der Waals surface area contributed by atoms with Crippen LogP contribution in [-0.4, -0.2) is 13.2 Å². The van der Waals surface area contributed by atoms with E-state index in [9.17, 15) is 0 Å². The Balaban J connectivity index is 2.21. The largest absolute Gasteiger partial charge is 0.497 e. The number of ether oxygens (including phenoxy) is 1. The van der Waals surface area contributed by atoms with Gasteiger partial charge in [-0.1, -0.05) is 51.0 Å². The van der Waals surface area contributed by atoms with E-state index in [0.29, 0.717) is 0 Å². The van der Waals surface area contributed by atoms with Gasteiger partial charge < -0.3 is 10.5 Å². The molecule has 1 unspecified atom stereocenters. The first-order valence-electron chi connectivity index (χ1n) is 7.99. The molecule has 0 aliphatic rings. The van der Waals surface area contributed by atoms with Crippen molar-refractivity contribution >= 4 is 10.8 Å². The van der Waals surface area contributed by atoms with Gasteiger partial charge in [0, 0.05) is 6.04 Å². The minimum Gasteiger partial charge on any atom is -0.497 e. The molecule has 0 aromatic heterocycles. The maximum Gasteiger partial charge on any atom is 0.119 e. The van der Waals surface area contributed by atoms with Crippen molar-refractivity contribution in [2.75, 3.05) is 7.11 Å². The summed E-state index contributed by atoms with van der Waals surface area (Å²) in [7, 11) is 1.71. The lowest BCUT2D eigenvalue weighted by Gasteiger charge is -2.19. The minimum atomic E-state index is 0.228. The fourth-order valence-corrected chi connectivity index (χ4v) is 3.04. The van der Waals surface area contributed by atoms with E-state index in [4.69, 9.17) is 10.5 Å². The molecular formula is C19H27NO. The van der Waals surface area contributed by atoms with Crippen molar-refractivity contribution in [1.82, 2.24) is 0 Å². The molecule has 2 rings (SSSR count). The van der Waals surface area contributed by atoms with Crippen LogP contribution in [0.2, 0.25) is 0 Å². The zero-order valence-corrected chi connectivity index (χ0v) is 13.4. The third-order valence-electron chi connectivity index (χ3n) is 4.45. The molecule has 2 nitrogen and oxygen atoms in total. The lowest BCUT2D eigenvalue weighted by molar-refractivity contribution is 0.407. The Hall–Kier alpha value is -1.54. The van der Waals surface area contributed by atoms with Gasteiger partial charge in [-0.3, -0.25) is 0 Å². The monoisotopic (exact) mass is 285 g/mol. The highest BCUT2D eigenvalue weighted by Gasteiger charge is 2.12. The normalized spacial score (nSPS) is 12.8. The second-order valence-electron chi connectivity index (χ2n) is 5.89. The van der Waals surface area contributed by atoms with Crippen LogP contribution < -0.4 is 10.5 Å². The van der Waals surface area contributed by atoms with Crippen LogP contribution in [0.5, 0.6) is 5.75 Å². The number of fused-ring (bicyclic) bond motifs is 1. The fraction of sp³-hybridized carbons (Fsp3) is 0.474. The first-order chi connectivity index (χ1) is 10.2. The van der Waals surface area contributed by atoms with E-state index < -0.39 is 0 Å². The molecule has 0 fully saturated rings. The van der Waals surface area contributed by atoms with Gasteiger partial charge in [-0.15, -0.1) is 0 Å². The summed E-state index contributed by atoms with van der Waals surface area (Å²) in [4.78, 5) is 0. The lowest BCUT2D eigenvalue weighted by Crippen LogP contribution is -2.26. The average Bonchev–Trinajstić information content (AvgIpc) is 2.52. The first kappa shape index (κ1) is 15.8. The Morgan fingerprint density at radius 2 is 1.86 bits per heavy atom. The van der Waals surface area contributed by atoms with Crippen molar-refractivity contribution in [2.45, 2.75) is 45.6 Å². The molecule has 114 valence electrons. The summed E-state index contributed by atoms with van der Waals surface area (Å²) in [5, 5.41) is 2.51.